The predicted molar refractivity (Wildman–Crippen MR) is 59.7 cm³/mol. The lowest BCUT2D eigenvalue weighted by Gasteiger charge is -2.04. The maximum Gasteiger partial charge on any atom is 0.307 e. The molecule has 6 heteroatoms. The molecular weight excluding hydrogens is 220 g/mol. The second-order valence-electron chi connectivity index (χ2n) is 3.51. The van der Waals surface area contributed by atoms with E-state index in [0.29, 0.717) is 5.56 Å². The van der Waals surface area contributed by atoms with Crippen molar-refractivity contribution < 1.29 is 4.92 Å². The molecule has 2 aromatic rings. The Morgan fingerprint density at radius 2 is 2.29 bits per heavy atom. The number of aryl methyl sites for hydroxylation is 1. The molecule has 0 aliphatic rings. The standard InChI is InChI=1S/C11H8N4O2/c1-8-4-9(5-12)2-3-11(8)14-7-10(6-13-14)15(16)17/h2-4,6-7H,1H3. The zero-order valence-corrected chi connectivity index (χ0v) is 8.99. The van der Waals surface area contributed by atoms with E-state index in [0.717, 1.165) is 11.3 Å². The molecule has 0 spiro atoms. The van der Waals surface area contributed by atoms with Gasteiger partial charge in [0.2, 0.25) is 0 Å². The van der Waals surface area contributed by atoms with E-state index in [9.17, 15) is 10.1 Å². The van der Waals surface area contributed by atoms with E-state index in [1.54, 1.807) is 18.2 Å². The van der Waals surface area contributed by atoms with Crippen molar-refractivity contribution in [2.45, 2.75) is 6.92 Å². The van der Waals surface area contributed by atoms with Gasteiger partial charge in [-0.25, -0.2) is 4.68 Å². The fraction of sp³-hybridized carbons (Fsp3) is 0.0909. The van der Waals surface area contributed by atoms with Crippen molar-refractivity contribution in [3.05, 3.63) is 51.8 Å². The molecule has 0 amide bonds. The first kappa shape index (κ1) is 10.8. The number of aromatic nitrogens is 2. The Bertz CT molecular complexity index is 625. The monoisotopic (exact) mass is 228 g/mol. The first-order valence-electron chi connectivity index (χ1n) is 4.82. The number of nitriles is 1. The molecule has 0 radical (unpaired) electrons. The van der Waals surface area contributed by atoms with Gasteiger partial charge in [-0.2, -0.15) is 10.4 Å². The van der Waals surface area contributed by atoms with Gasteiger partial charge >= 0.3 is 5.69 Å². The Hall–Kier alpha value is -2.68. The molecule has 6 nitrogen and oxygen atoms in total. The molecule has 84 valence electrons. The normalized spacial score (nSPS) is 9.88. The van der Waals surface area contributed by atoms with E-state index in [1.165, 1.54) is 17.1 Å². The van der Waals surface area contributed by atoms with E-state index in [2.05, 4.69) is 5.10 Å². The average Bonchev–Trinajstić information content (AvgIpc) is 2.78. The summed E-state index contributed by atoms with van der Waals surface area (Å²) in [6.07, 6.45) is 2.53. The molecule has 0 N–H and O–H groups in total. The molecule has 2 rings (SSSR count). The van der Waals surface area contributed by atoms with Gasteiger partial charge in [0.05, 0.1) is 22.2 Å². The van der Waals surface area contributed by atoms with Gasteiger partial charge in [-0.05, 0) is 30.7 Å². The summed E-state index contributed by atoms with van der Waals surface area (Å²) >= 11 is 0. The van der Waals surface area contributed by atoms with Crippen LogP contribution in [0.3, 0.4) is 0 Å². The summed E-state index contributed by atoms with van der Waals surface area (Å²) in [5, 5.41) is 23.2. The van der Waals surface area contributed by atoms with Gasteiger partial charge in [0, 0.05) is 0 Å². The number of rotatable bonds is 2. The highest BCUT2D eigenvalue weighted by Crippen LogP contribution is 2.17. The summed E-state index contributed by atoms with van der Waals surface area (Å²) < 4.78 is 1.43. The Kier molecular flexibility index (Phi) is 2.58. The lowest BCUT2D eigenvalue weighted by atomic mass is 10.1. The Labute approximate surface area is 96.9 Å². The molecule has 0 aliphatic heterocycles. The van der Waals surface area contributed by atoms with Crippen LogP contribution >= 0.6 is 0 Å². The molecular formula is C11H8N4O2. The molecule has 0 unspecified atom stereocenters. The van der Waals surface area contributed by atoms with Gasteiger partial charge in [-0.15, -0.1) is 0 Å². The van der Waals surface area contributed by atoms with Crippen molar-refractivity contribution >= 4 is 5.69 Å². The number of hydrogen-bond acceptors (Lipinski definition) is 4. The molecule has 1 aromatic heterocycles. The lowest BCUT2D eigenvalue weighted by Crippen LogP contribution is -1.97. The van der Waals surface area contributed by atoms with Crippen LogP contribution in [0, 0.1) is 28.4 Å². The number of nitrogens with zero attached hydrogens (tertiary/aromatic N) is 4. The minimum atomic E-state index is -0.498. The molecule has 0 atom stereocenters. The van der Waals surface area contributed by atoms with Crippen LogP contribution in [0.1, 0.15) is 11.1 Å². The van der Waals surface area contributed by atoms with E-state index in [4.69, 9.17) is 5.26 Å². The Morgan fingerprint density at radius 1 is 1.53 bits per heavy atom. The zero-order chi connectivity index (χ0) is 12.4. The first-order valence-corrected chi connectivity index (χ1v) is 4.82. The van der Waals surface area contributed by atoms with Crippen molar-refractivity contribution in [1.82, 2.24) is 9.78 Å². The van der Waals surface area contributed by atoms with Crippen LogP contribution in [-0.2, 0) is 0 Å². The van der Waals surface area contributed by atoms with Gasteiger partial charge in [-0.1, -0.05) is 0 Å². The number of benzene rings is 1. The Balaban J connectivity index is 2.46. The van der Waals surface area contributed by atoms with Gasteiger partial charge in [0.1, 0.15) is 12.4 Å². The van der Waals surface area contributed by atoms with E-state index in [1.807, 2.05) is 13.0 Å². The highest BCUT2D eigenvalue weighted by Gasteiger charge is 2.11. The summed E-state index contributed by atoms with van der Waals surface area (Å²) in [6, 6.07) is 7.10. The van der Waals surface area contributed by atoms with Crippen molar-refractivity contribution in [2.75, 3.05) is 0 Å². The third kappa shape index (κ3) is 1.99. The molecule has 0 fully saturated rings. The van der Waals surface area contributed by atoms with Crippen molar-refractivity contribution in [1.29, 1.82) is 5.26 Å². The maximum absolute atomic E-state index is 10.5. The predicted octanol–water partition coefficient (Wildman–Crippen LogP) is 1.96. The molecule has 1 aromatic carbocycles. The molecule has 0 aliphatic carbocycles. The second-order valence-corrected chi connectivity index (χ2v) is 3.51. The highest BCUT2D eigenvalue weighted by molar-refractivity contribution is 5.46. The minimum Gasteiger partial charge on any atom is -0.258 e. The van der Waals surface area contributed by atoms with Crippen LogP contribution in [0.25, 0.3) is 5.69 Å². The fourth-order valence-corrected chi connectivity index (χ4v) is 1.52. The molecule has 0 saturated heterocycles. The molecule has 0 saturated carbocycles. The van der Waals surface area contributed by atoms with Crippen LogP contribution in [0.15, 0.2) is 30.6 Å². The third-order valence-electron chi connectivity index (χ3n) is 2.35. The second kappa shape index (κ2) is 4.06. The molecule has 17 heavy (non-hydrogen) atoms. The minimum absolute atomic E-state index is 0.0613. The van der Waals surface area contributed by atoms with Crippen molar-refractivity contribution in [3.8, 4) is 11.8 Å². The van der Waals surface area contributed by atoms with Gasteiger partial charge in [0.25, 0.3) is 0 Å². The number of hydrogen-bond donors (Lipinski definition) is 0. The van der Waals surface area contributed by atoms with Crippen LogP contribution < -0.4 is 0 Å². The summed E-state index contributed by atoms with van der Waals surface area (Å²) in [7, 11) is 0. The zero-order valence-electron chi connectivity index (χ0n) is 8.99. The highest BCUT2D eigenvalue weighted by atomic mass is 16.6. The van der Waals surface area contributed by atoms with Crippen LogP contribution in [0.5, 0.6) is 0 Å². The molecule has 0 bridgehead atoms. The quantitative estimate of drug-likeness (QED) is 0.580. The number of nitro groups is 1. The van der Waals surface area contributed by atoms with Crippen LogP contribution in [-0.4, -0.2) is 14.7 Å². The summed E-state index contributed by atoms with van der Waals surface area (Å²) in [6.45, 7) is 1.82. The van der Waals surface area contributed by atoms with E-state index < -0.39 is 4.92 Å². The van der Waals surface area contributed by atoms with E-state index in [-0.39, 0.29) is 5.69 Å². The van der Waals surface area contributed by atoms with Gasteiger partial charge < -0.3 is 0 Å². The van der Waals surface area contributed by atoms with Crippen molar-refractivity contribution in [3.63, 3.8) is 0 Å². The maximum atomic E-state index is 10.5. The van der Waals surface area contributed by atoms with Gasteiger partial charge in [0.15, 0.2) is 0 Å². The molecule has 1 heterocycles. The summed E-state index contributed by atoms with van der Waals surface area (Å²) in [5.74, 6) is 0. The van der Waals surface area contributed by atoms with Gasteiger partial charge in [-0.3, -0.25) is 10.1 Å². The first-order chi connectivity index (χ1) is 8.11. The van der Waals surface area contributed by atoms with Crippen LogP contribution in [0.4, 0.5) is 5.69 Å². The fourth-order valence-electron chi connectivity index (χ4n) is 1.52. The average molecular weight is 228 g/mol. The third-order valence-corrected chi connectivity index (χ3v) is 2.35. The van der Waals surface area contributed by atoms with Crippen LogP contribution in [0.2, 0.25) is 0 Å². The smallest absolute Gasteiger partial charge is 0.258 e. The SMILES string of the molecule is Cc1cc(C#N)ccc1-n1cc([N+](=O)[O-])cn1. The summed E-state index contributed by atoms with van der Waals surface area (Å²) in [4.78, 5) is 10.0. The largest absolute Gasteiger partial charge is 0.307 e. The Morgan fingerprint density at radius 3 is 2.82 bits per heavy atom. The topological polar surface area (TPSA) is 84.8 Å². The van der Waals surface area contributed by atoms with E-state index >= 15 is 0 Å². The lowest BCUT2D eigenvalue weighted by molar-refractivity contribution is -0.384. The summed E-state index contributed by atoms with van der Waals surface area (Å²) in [5.41, 5.74) is 2.04. The van der Waals surface area contributed by atoms with Crippen molar-refractivity contribution in [2.24, 2.45) is 0 Å².